The highest BCUT2D eigenvalue weighted by Crippen LogP contribution is 2.25. The Hall–Kier alpha value is -1.38. The molecule has 0 fully saturated rings. The van der Waals surface area contributed by atoms with Crippen molar-refractivity contribution in [2.75, 3.05) is 5.32 Å². The van der Waals surface area contributed by atoms with E-state index in [2.05, 4.69) is 32.3 Å². The van der Waals surface area contributed by atoms with Gasteiger partial charge in [-0.3, -0.25) is 0 Å². The number of aryl methyl sites for hydroxylation is 2. The van der Waals surface area contributed by atoms with Gasteiger partial charge in [0.2, 0.25) is 0 Å². The van der Waals surface area contributed by atoms with Gasteiger partial charge < -0.3 is 5.32 Å². The lowest BCUT2D eigenvalue weighted by Gasteiger charge is -2.07. The van der Waals surface area contributed by atoms with Crippen molar-refractivity contribution in [2.45, 2.75) is 20.4 Å². The Labute approximate surface area is 119 Å². The summed E-state index contributed by atoms with van der Waals surface area (Å²) in [6, 6.07) is 7.64. The highest BCUT2D eigenvalue weighted by atomic mass is 79.9. The Kier molecular flexibility index (Phi) is 4.00. The van der Waals surface area contributed by atoms with Crippen LogP contribution in [0, 0.1) is 25.2 Å². The van der Waals surface area contributed by atoms with Crippen LogP contribution in [-0.2, 0) is 6.54 Å². The van der Waals surface area contributed by atoms with E-state index in [0.717, 1.165) is 27.4 Å². The Morgan fingerprint density at radius 2 is 2.22 bits per heavy atom. The minimum atomic E-state index is 0.650. The van der Waals surface area contributed by atoms with Gasteiger partial charge in [-0.2, -0.15) is 5.26 Å². The summed E-state index contributed by atoms with van der Waals surface area (Å²) < 4.78 is 0.903. The van der Waals surface area contributed by atoms with E-state index in [1.807, 2.05) is 26.0 Å². The maximum atomic E-state index is 8.80. The molecule has 18 heavy (non-hydrogen) atoms. The van der Waals surface area contributed by atoms with Crippen LogP contribution >= 0.6 is 27.3 Å². The maximum absolute atomic E-state index is 8.80. The second-order valence-electron chi connectivity index (χ2n) is 3.90. The van der Waals surface area contributed by atoms with E-state index in [1.54, 1.807) is 17.4 Å². The van der Waals surface area contributed by atoms with Crippen LogP contribution in [0.15, 0.2) is 22.7 Å². The molecule has 0 amide bonds. The minimum Gasteiger partial charge on any atom is -0.379 e. The van der Waals surface area contributed by atoms with Crippen molar-refractivity contribution in [1.29, 1.82) is 5.26 Å². The number of benzene rings is 1. The molecule has 3 nitrogen and oxygen atoms in total. The van der Waals surface area contributed by atoms with Crippen LogP contribution in [0.25, 0.3) is 0 Å². The standard InChI is InChI=1S/C13H12BrN3S/c1-8-13(18-9(2)17-8)7-16-12-4-3-10(6-15)5-11(12)14/h3-5,16H,7H2,1-2H3. The molecule has 0 atom stereocenters. The van der Waals surface area contributed by atoms with Crippen LogP contribution in [0.5, 0.6) is 0 Å². The van der Waals surface area contributed by atoms with E-state index < -0.39 is 0 Å². The van der Waals surface area contributed by atoms with Crippen LogP contribution in [0.3, 0.4) is 0 Å². The molecule has 2 aromatic rings. The lowest BCUT2D eigenvalue weighted by Crippen LogP contribution is -1.99. The van der Waals surface area contributed by atoms with E-state index in [0.29, 0.717) is 5.56 Å². The summed E-state index contributed by atoms with van der Waals surface area (Å²) in [6.45, 7) is 4.79. The van der Waals surface area contributed by atoms with E-state index >= 15 is 0 Å². The van der Waals surface area contributed by atoms with Crippen molar-refractivity contribution in [3.8, 4) is 6.07 Å². The number of nitrogens with zero attached hydrogens (tertiary/aromatic N) is 2. The molecule has 0 saturated heterocycles. The van der Waals surface area contributed by atoms with Gasteiger partial charge in [-0.15, -0.1) is 11.3 Å². The van der Waals surface area contributed by atoms with Gasteiger partial charge >= 0.3 is 0 Å². The molecule has 1 N–H and O–H groups in total. The van der Waals surface area contributed by atoms with Crippen molar-refractivity contribution in [3.05, 3.63) is 43.8 Å². The largest absolute Gasteiger partial charge is 0.379 e. The summed E-state index contributed by atoms with van der Waals surface area (Å²) in [6.07, 6.45) is 0. The lowest BCUT2D eigenvalue weighted by atomic mass is 10.2. The molecular weight excluding hydrogens is 310 g/mol. The first-order chi connectivity index (χ1) is 8.60. The molecular formula is C13H12BrN3S. The highest BCUT2D eigenvalue weighted by Gasteiger charge is 2.06. The topological polar surface area (TPSA) is 48.7 Å². The maximum Gasteiger partial charge on any atom is 0.0992 e. The molecule has 1 heterocycles. The molecule has 1 aromatic carbocycles. The Balaban J connectivity index is 2.11. The lowest BCUT2D eigenvalue weighted by molar-refractivity contribution is 1.10. The summed E-state index contributed by atoms with van der Waals surface area (Å²) in [7, 11) is 0. The van der Waals surface area contributed by atoms with Crippen LogP contribution in [0.2, 0.25) is 0 Å². The molecule has 0 aliphatic carbocycles. The first-order valence-electron chi connectivity index (χ1n) is 5.46. The normalized spacial score (nSPS) is 10.1. The predicted octanol–water partition coefficient (Wildman–Crippen LogP) is 4.01. The van der Waals surface area contributed by atoms with Gasteiger partial charge in [0.25, 0.3) is 0 Å². The first-order valence-corrected chi connectivity index (χ1v) is 7.07. The molecule has 0 aliphatic heterocycles. The zero-order valence-corrected chi connectivity index (χ0v) is 12.5. The van der Waals surface area contributed by atoms with E-state index in [4.69, 9.17) is 5.26 Å². The predicted molar refractivity (Wildman–Crippen MR) is 77.8 cm³/mol. The van der Waals surface area contributed by atoms with Gasteiger partial charge in [-0.05, 0) is 48.0 Å². The van der Waals surface area contributed by atoms with Crippen molar-refractivity contribution in [2.24, 2.45) is 0 Å². The number of hydrogen-bond donors (Lipinski definition) is 1. The smallest absolute Gasteiger partial charge is 0.0992 e. The summed E-state index contributed by atoms with van der Waals surface area (Å²) in [5, 5.41) is 13.2. The molecule has 2 rings (SSSR count). The number of nitrogens with one attached hydrogen (secondary N) is 1. The summed E-state index contributed by atoms with van der Waals surface area (Å²) in [5.41, 5.74) is 2.71. The van der Waals surface area contributed by atoms with Crippen LogP contribution in [0.4, 0.5) is 5.69 Å². The summed E-state index contributed by atoms with van der Waals surface area (Å²) in [5.74, 6) is 0. The summed E-state index contributed by atoms with van der Waals surface area (Å²) >= 11 is 5.17. The number of aromatic nitrogens is 1. The Morgan fingerprint density at radius 1 is 1.44 bits per heavy atom. The fourth-order valence-corrected chi connectivity index (χ4v) is 3.04. The fraction of sp³-hybridized carbons (Fsp3) is 0.231. The average molecular weight is 322 g/mol. The molecule has 1 aromatic heterocycles. The van der Waals surface area contributed by atoms with Crippen molar-refractivity contribution in [3.63, 3.8) is 0 Å². The van der Waals surface area contributed by atoms with Crippen molar-refractivity contribution >= 4 is 33.0 Å². The van der Waals surface area contributed by atoms with Crippen molar-refractivity contribution < 1.29 is 0 Å². The second-order valence-corrected chi connectivity index (χ2v) is 6.04. The van der Waals surface area contributed by atoms with Crippen LogP contribution < -0.4 is 5.32 Å². The fourth-order valence-electron chi connectivity index (χ4n) is 1.64. The number of nitriles is 1. The molecule has 0 spiro atoms. The van der Waals surface area contributed by atoms with Crippen LogP contribution in [-0.4, -0.2) is 4.98 Å². The third-order valence-corrected chi connectivity index (χ3v) is 4.27. The monoisotopic (exact) mass is 321 g/mol. The highest BCUT2D eigenvalue weighted by molar-refractivity contribution is 9.10. The average Bonchev–Trinajstić information content (AvgIpc) is 2.66. The van der Waals surface area contributed by atoms with Crippen LogP contribution in [0.1, 0.15) is 21.1 Å². The SMILES string of the molecule is Cc1nc(C)c(CNc2ccc(C#N)cc2Br)s1. The van der Waals surface area contributed by atoms with Gasteiger partial charge in [-0.1, -0.05) is 0 Å². The first kappa shape index (κ1) is 13.1. The van der Waals surface area contributed by atoms with Crippen molar-refractivity contribution in [1.82, 2.24) is 4.98 Å². The molecule has 0 radical (unpaired) electrons. The molecule has 0 saturated carbocycles. The van der Waals surface area contributed by atoms with Gasteiger partial charge in [0.15, 0.2) is 0 Å². The van der Waals surface area contributed by atoms with Gasteiger partial charge in [0, 0.05) is 15.0 Å². The number of halogens is 1. The zero-order chi connectivity index (χ0) is 13.1. The van der Waals surface area contributed by atoms with E-state index in [-0.39, 0.29) is 0 Å². The number of thiazole rings is 1. The molecule has 5 heteroatoms. The molecule has 0 unspecified atom stereocenters. The number of rotatable bonds is 3. The quantitative estimate of drug-likeness (QED) is 0.929. The molecule has 0 bridgehead atoms. The number of anilines is 1. The van der Waals surface area contributed by atoms with Gasteiger partial charge in [0.05, 0.1) is 28.9 Å². The number of hydrogen-bond acceptors (Lipinski definition) is 4. The Morgan fingerprint density at radius 3 is 2.78 bits per heavy atom. The van der Waals surface area contributed by atoms with E-state index in [1.165, 1.54) is 4.88 Å². The minimum absolute atomic E-state index is 0.650. The summed E-state index contributed by atoms with van der Waals surface area (Å²) in [4.78, 5) is 5.64. The zero-order valence-electron chi connectivity index (χ0n) is 10.1. The molecule has 92 valence electrons. The third-order valence-electron chi connectivity index (χ3n) is 2.54. The van der Waals surface area contributed by atoms with Gasteiger partial charge in [-0.25, -0.2) is 4.98 Å². The second kappa shape index (κ2) is 5.51. The third kappa shape index (κ3) is 2.89. The van der Waals surface area contributed by atoms with Gasteiger partial charge in [0.1, 0.15) is 0 Å². The molecule has 0 aliphatic rings. The van der Waals surface area contributed by atoms with E-state index in [9.17, 15) is 0 Å². The Bertz CT molecular complexity index is 613.